The number of fused-ring (bicyclic) bond motifs is 10. The van der Waals surface area contributed by atoms with E-state index in [1.807, 2.05) is 22.7 Å². The summed E-state index contributed by atoms with van der Waals surface area (Å²) in [6.45, 7) is 0. The van der Waals surface area contributed by atoms with E-state index >= 15 is 0 Å². The Labute approximate surface area is 262 Å². The van der Waals surface area contributed by atoms with E-state index < -0.39 is 0 Å². The van der Waals surface area contributed by atoms with Crippen molar-refractivity contribution in [2.45, 2.75) is 0 Å². The number of hydrogen-bond acceptors (Lipinski definition) is 2. The lowest BCUT2D eigenvalue weighted by Crippen LogP contribution is -1.83. The van der Waals surface area contributed by atoms with Crippen molar-refractivity contribution in [3.63, 3.8) is 0 Å². The molecule has 10 aromatic rings. The SMILES string of the molecule is c1ccc2cc3c(cc2c1)sc1c2cc4ccc(-c5ccc(-c6ccc7c(ccc8ccccc87)c6)cc5)cc4cc2sc31. The molecule has 0 bridgehead atoms. The van der Waals surface area contributed by atoms with E-state index in [-0.39, 0.29) is 0 Å². The molecule has 0 saturated heterocycles. The van der Waals surface area contributed by atoms with Crippen molar-refractivity contribution in [1.29, 1.82) is 0 Å². The molecule has 0 aliphatic carbocycles. The first-order valence-electron chi connectivity index (χ1n) is 15.0. The molecule has 8 aromatic carbocycles. The van der Waals surface area contributed by atoms with Crippen molar-refractivity contribution < 1.29 is 0 Å². The first-order chi connectivity index (χ1) is 21.7. The van der Waals surface area contributed by atoms with Crippen LogP contribution >= 0.6 is 22.7 Å². The highest BCUT2D eigenvalue weighted by Crippen LogP contribution is 2.46. The second-order valence-electron chi connectivity index (χ2n) is 11.8. The summed E-state index contributed by atoms with van der Waals surface area (Å²) < 4.78 is 5.57. The molecule has 2 heteroatoms. The van der Waals surface area contributed by atoms with Gasteiger partial charge in [-0.3, -0.25) is 0 Å². The average Bonchev–Trinajstić information content (AvgIpc) is 3.60. The van der Waals surface area contributed by atoms with Gasteiger partial charge in [0, 0.05) is 20.2 Å². The molecular formula is C42H24S2. The maximum Gasteiger partial charge on any atom is 0.0542 e. The van der Waals surface area contributed by atoms with Crippen molar-refractivity contribution in [1.82, 2.24) is 0 Å². The zero-order valence-electron chi connectivity index (χ0n) is 23.7. The van der Waals surface area contributed by atoms with Gasteiger partial charge in [0.2, 0.25) is 0 Å². The Morgan fingerprint density at radius 1 is 0.273 bits per heavy atom. The smallest absolute Gasteiger partial charge is 0.0542 e. The Balaban J connectivity index is 1.02. The average molecular weight is 593 g/mol. The molecular weight excluding hydrogens is 569 g/mol. The standard InChI is InChI=1S/C42H24S2/c1-2-7-29-23-39-37(21-28(29)6-1)41-42(43-39)38-22-32-15-14-30(20-34(32)24-40(38)44-41)25-9-11-26(12-10-25)31-17-18-36-33(19-31)16-13-27-5-3-4-8-35(27)36/h1-24H. The third-order valence-corrected chi connectivity index (χ3v) is 11.7. The van der Waals surface area contributed by atoms with Gasteiger partial charge in [0.05, 0.1) is 9.40 Å². The zero-order valence-corrected chi connectivity index (χ0v) is 25.3. The van der Waals surface area contributed by atoms with Gasteiger partial charge >= 0.3 is 0 Å². The molecule has 204 valence electrons. The highest BCUT2D eigenvalue weighted by atomic mass is 32.1. The van der Waals surface area contributed by atoms with E-state index in [4.69, 9.17) is 0 Å². The van der Waals surface area contributed by atoms with E-state index in [9.17, 15) is 0 Å². The van der Waals surface area contributed by atoms with Crippen LogP contribution in [-0.4, -0.2) is 0 Å². The fourth-order valence-corrected chi connectivity index (χ4v) is 9.61. The van der Waals surface area contributed by atoms with Crippen LogP contribution in [0.15, 0.2) is 146 Å². The normalized spacial score (nSPS) is 12.1. The van der Waals surface area contributed by atoms with Gasteiger partial charge in [-0.1, -0.05) is 109 Å². The van der Waals surface area contributed by atoms with Crippen LogP contribution in [0, 0.1) is 0 Å². The highest BCUT2D eigenvalue weighted by molar-refractivity contribution is 7.36. The molecule has 2 aromatic heterocycles. The predicted molar refractivity (Wildman–Crippen MR) is 196 cm³/mol. The maximum absolute atomic E-state index is 2.40. The minimum atomic E-state index is 1.24. The van der Waals surface area contributed by atoms with Crippen molar-refractivity contribution in [2.75, 3.05) is 0 Å². The van der Waals surface area contributed by atoms with Crippen LogP contribution in [0.1, 0.15) is 0 Å². The number of rotatable bonds is 2. The summed E-state index contributed by atoms with van der Waals surface area (Å²) in [6, 6.07) is 54.1. The Kier molecular flexibility index (Phi) is 5.13. The largest absolute Gasteiger partial charge is 0.134 e. The molecule has 0 spiro atoms. The highest BCUT2D eigenvalue weighted by Gasteiger charge is 2.14. The van der Waals surface area contributed by atoms with E-state index in [1.165, 1.54) is 94.9 Å². The van der Waals surface area contributed by atoms with Crippen LogP contribution in [0.25, 0.3) is 94.9 Å². The van der Waals surface area contributed by atoms with Gasteiger partial charge in [0.25, 0.3) is 0 Å². The third-order valence-electron chi connectivity index (χ3n) is 9.20. The van der Waals surface area contributed by atoms with Crippen LogP contribution in [0.5, 0.6) is 0 Å². The number of thiophene rings is 2. The molecule has 0 aliphatic rings. The molecule has 0 saturated carbocycles. The topological polar surface area (TPSA) is 0 Å². The van der Waals surface area contributed by atoms with Crippen molar-refractivity contribution in [2.24, 2.45) is 0 Å². The van der Waals surface area contributed by atoms with Gasteiger partial charge in [-0.05, 0) is 102 Å². The summed E-state index contributed by atoms with van der Waals surface area (Å²) >= 11 is 3.87. The molecule has 0 nitrogen and oxygen atoms in total. The van der Waals surface area contributed by atoms with Gasteiger partial charge in [-0.25, -0.2) is 0 Å². The molecule has 44 heavy (non-hydrogen) atoms. The molecule has 2 heterocycles. The van der Waals surface area contributed by atoms with Gasteiger partial charge < -0.3 is 0 Å². The summed E-state index contributed by atoms with van der Waals surface area (Å²) in [6.07, 6.45) is 0. The Hall–Kier alpha value is -5.02. The maximum atomic E-state index is 2.40. The van der Waals surface area contributed by atoms with Crippen LogP contribution in [0.3, 0.4) is 0 Å². The van der Waals surface area contributed by atoms with E-state index in [2.05, 4.69) is 146 Å². The quantitative estimate of drug-likeness (QED) is 0.175. The van der Waals surface area contributed by atoms with Gasteiger partial charge in [-0.2, -0.15) is 0 Å². The van der Waals surface area contributed by atoms with Crippen molar-refractivity contribution in [3.05, 3.63) is 146 Å². The van der Waals surface area contributed by atoms with Crippen LogP contribution in [0.4, 0.5) is 0 Å². The summed E-state index contributed by atoms with van der Waals surface area (Å²) in [5, 5.41) is 13.2. The second kappa shape index (κ2) is 9.24. The molecule has 0 atom stereocenters. The van der Waals surface area contributed by atoms with Gasteiger partial charge in [-0.15, -0.1) is 22.7 Å². The van der Waals surface area contributed by atoms with Crippen molar-refractivity contribution >= 4 is 95.3 Å². The minimum absolute atomic E-state index is 1.24. The van der Waals surface area contributed by atoms with E-state index in [0.717, 1.165) is 0 Å². The molecule has 0 aliphatic heterocycles. The summed E-state index contributed by atoms with van der Waals surface area (Å²) in [7, 11) is 0. The fourth-order valence-electron chi connectivity index (χ4n) is 6.91. The lowest BCUT2D eigenvalue weighted by atomic mass is 9.95. The Bertz CT molecular complexity index is 2760. The first-order valence-corrected chi connectivity index (χ1v) is 16.6. The molecule has 0 N–H and O–H groups in total. The van der Waals surface area contributed by atoms with Gasteiger partial charge in [0.1, 0.15) is 0 Å². The molecule has 0 radical (unpaired) electrons. The van der Waals surface area contributed by atoms with Crippen LogP contribution in [0.2, 0.25) is 0 Å². The van der Waals surface area contributed by atoms with Crippen LogP contribution in [-0.2, 0) is 0 Å². The predicted octanol–water partition coefficient (Wildman–Crippen LogP) is 13.2. The number of hydrogen-bond donors (Lipinski definition) is 0. The molecule has 0 fully saturated rings. The lowest BCUT2D eigenvalue weighted by molar-refractivity contribution is 1.62. The molecule has 0 unspecified atom stereocenters. The summed E-state index contributed by atoms with van der Waals surface area (Å²) in [5.41, 5.74) is 4.99. The zero-order chi connectivity index (χ0) is 28.8. The Morgan fingerprint density at radius 2 is 0.727 bits per heavy atom. The minimum Gasteiger partial charge on any atom is -0.134 e. The van der Waals surface area contributed by atoms with E-state index in [0.29, 0.717) is 0 Å². The second-order valence-corrected chi connectivity index (χ2v) is 13.9. The molecule has 0 amide bonds. The molecule has 10 rings (SSSR count). The number of benzene rings is 8. The van der Waals surface area contributed by atoms with E-state index in [1.54, 1.807) is 0 Å². The summed E-state index contributed by atoms with van der Waals surface area (Å²) in [4.78, 5) is 0. The monoisotopic (exact) mass is 592 g/mol. The van der Waals surface area contributed by atoms with Crippen LogP contribution < -0.4 is 0 Å². The third kappa shape index (κ3) is 3.68. The fraction of sp³-hybridized carbons (Fsp3) is 0. The first kappa shape index (κ1) is 24.4. The van der Waals surface area contributed by atoms with Crippen molar-refractivity contribution in [3.8, 4) is 22.3 Å². The summed E-state index contributed by atoms with van der Waals surface area (Å²) in [5.74, 6) is 0. The van der Waals surface area contributed by atoms with Gasteiger partial charge in [0.15, 0.2) is 0 Å². The Morgan fingerprint density at radius 3 is 1.43 bits per heavy atom. The lowest BCUT2D eigenvalue weighted by Gasteiger charge is -2.09.